The van der Waals surface area contributed by atoms with Gasteiger partial charge in [-0.2, -0.15) is 0 Å². The molecule has 1 unspecified atom stereocenters. The van der Waals surface area contributed by atoms with Gasteiger partial charge in [0, 0.05) is 6.54 Å². The number of rotatable bonds is 1. The summed E-state index contributed by atoms with van der Waals surface area (Å²) in [6, 6.07) is 0. The van der Waals surface area contributed by atoms with E-state index in [2.05, 4.69) is 0 Å². The third kappa shape index (κ3) is 3.38. The van der Waals surface area contributed by atoms with Crippen LogP contribution >= 0.6 is 12.4 Å². The predicted molar refractivity (Wildman–Crippen MR) is 46.1 cm³/mol. The average molecular weight is 182 g/mol. The van der Waals surface area contributed by atoms with E-state index in [0.717, 1.165) is 0 Å². The Balaban J connectivity index is 0.000001000. The van der Waals surface area contributed by atoms with Crippen LogP contribution in [0.15, 0.2) is 0 Å². The summed E-state index contributed by atoms with van der Waals surface area (Å²) in [4.78, 5) is 0. The van der Waals surface area contributed by atoms with Crippen molar-refractivity contribution >= 4 is 12.4 Å². The van der Waals surface area contributed by atoms with Crippen molar-refractivity contribution in [3.05, 3.63) is 0 Å². The first-order chi connectivity index (χ1) is 4.64. The van der Waals surface area contributed by atoms with Crippen molar-refractivity contribution in [3.8, 4) is 0 Å². The van der Waals surface area contributed by atoms with Gasteiger partial charge in [-0.15, -0.1) is 12.4 Å². The third-order valence-corrected chi connectivity index (χ3v) is 1.50. The van der Waals surface area contributed by atoms with E-state index in [1.165, 1.54) is 0 Å². The molecule has 1 aliphatic heterocycles. The minimum absolute atomic E-state index is 0. The zero-order chi connectivity index (χ0) is 7.61. The lowest BCUT2D eigenvalue weighted by Gasteiger charge is -2.35. The summed E-state index contributed by atoms with van der Waals surface area (Å²) >= 11 is 0. The molecule has 0 radical (unpaired) electrons. The molecule has 0 amide bonds. The van der Waals surface area contributed by atoms with E-state index >= 15 is 0 Å². The van der Waals surface area contributed by atoms with Gasteiger partial charge in [0.2, 0.25) is 0 Å². The molecule has 0 bridgehead atoms. The number of ether oxygens (including phenoxy) is 2. The summed E-state index contributed by atoms with van der Waals surface area (Å²) in [5, 5.41) is 0. The first-order valence-corrected chi connectivity index (χ1v) is 3.60. The lowest BCUT2D eigenvalue weighted by molar-refractivity contribution is -0.178. The maximum absolute atomic E-state index is 5.57. The summed E-state index contributed by atoms with van der Waals surface area (Å²) in [6.45, 7) is 5.87. The monoisotopic (exact) mass is 181 g/mol. The van der Waals surface area contributed by atoms with E-state index < -0.39 is 0 Å². The quantitative estimate of drug-likeness (QED) is 0.643. The number of halogens is 1. The maximum Gasteiger partial charge on any atom is 0.0938 e. The van der Waals surface area contributed by atoms with Crippen molar-refractivity contribution in [2.24, 2.45) is 5.73 Å². The van der Waals surface area contributed by atoms with Gasteiger partial charge in [-0.3, -0.25) is 0 Å². The molecule has 4 heteroatoms. The first-order valence-electron chi connectivity index (χ1n) is 3.60. The van der Waals surface area contributed by atoms with Crippen LogP contribution in [0.25, 0.3) is 0 Å². The van der Waals surface area contributed by atoms with Crippen LogP contribution in [-0.4, -0.2) is 31.5 Å². The van der Waals surface area contributed by atoms with E-state index in [9.17, 15) is 0 Å². The van der Waals surface area contributed by atoms with E-state index in [4.69, 9.17) is 15.2 Å². The summed E-state index contributed by atoms with van der Waals surface area (Å²) in [6.07, 6.45) is 0.0868. The number of nitrogens with two attached hydrogens (primary N) is 1. The van der Waals surface area contributed by atoms with E-state index in [0.29, 0.717) is 19.8 Å². The smallest absolute Gasteiger partial charge is 0.0938 e. The highest BCUT2D eigenvalue weighted by atomic mass is 35.5. The second-order valence-corrected chi connectivity index (χ2v) is 3.25. The van der Waals surface area contributed by atoms with Crippen molar-refractivity contribution in [2.75, 3.05) is 19.8 Å². The zero-order valence-electron chi connectivity index (χ0n) is 7.00. The molecule has 2 N–H and O–H groups in total. The highest BCUT2D eigenvalue weighted by Gasteiger charge is 2.28. The Morgan fingerprint density at radius 3 is 2.55 bits per heavy atom. The van der Waals surface area contributed by atoms with E-state index in [1.807, 2.05) is 13.8 Å². The molecular formula is C7H16ClNO2. The van der Waals surface area contributed by atoms with Crippen molar-refractivity contribution in [2.45, 2.75) is 25.6 Å². The molecule has 3 nitrogen and oxygen atoms in total. The van der Waals surface area contributed by atoms with Gasteiger partial charge in [0.15, 0.2) is 0 Å². The second-order valence-electron chi connectivity index (χ2n) is 3.25. The third-order valence-electron chi connectivity index (χ3n) is 1.50. The minimum atomic E-state index is -0.151. The summed E-state index contributed by atoms with van der Waals surface area (Å²) in [7, 11) is 0. The van der Waals surface area contributed by atoms with Gasteiger partial charge in [0.1, 0.15) is 0 Å². The lowest BCUT2D eigenvalue weighted by atomic mass is 10.1. The van der Waals surface area contributed by atoms with Gasteiger partial charge in [0.25, 0.3) is 0 Å². The van der Waals surface area contributed by atoms with Gasteiger partial charge in [-0.25, -0.2) is 0 Å². The van der Waals surface area contributed by atoms with Gasteiger partial charge < -0.3 is 15.2 Å². The Labute approximate surface area is 73.6 Å². The number of hydrogen-bond donors (Lipinski definition) is 1. The van der Waals surface area contributed by atoms with Gasteiger partial charge >= 0.3 is 0 Å². The Morgan fingerprint density at radius 2 is 2.18 bits per heavy atom. The molecule has 1 saturated heterocycles. The molecule has 0 aromatic heterocycles. The van der Waals surface area contributed by atoms with Crippen LogP contribution in [0.5, 0.6) is 0 Å². The Kier molecular flexibility index (Phi) is 4.32. The molecule has 1 rings (SSSR count). The van der Waals surface area contributed by atoms with Crippen molar-refractivity contribution < 1.29 is 9.47 Å². The molecule has 1 fully saturated rings. The molecular weight excluding hydrogens is 166 g/mol. The maximum atomic E-state index is 5.57. The second kappa shape index (κ2) is 4.26. The van der Waals surface area contributed by atoms with E-state index in [1.54, 1.807) is 0 Å². The molecule has 0 aliphatic carbocycles. The zero-order valence-corrected chi connectivity index (χ0v) is 7.82. The minimum Gasteiger partial charge on any atom is -0.376 e. The van der Waals surface area contributed by atoms with Crippen molar-refractivity contribution in [3.63, 3.8) is 0 Å². The lowest BCUT2D eigenvalue weighted by Crippen LogP contribution is -2.46. The van der Waals surface area contributed by atoms with Crippen LogP contribution in [0.1, 0.15) is 13.8 Å². The predicted octanol–water partition coefficient (Wildman–Crippen LogP) is 0.561. The summed E-state index contributed by atoms with van der Waals surface area (Å²) < 4.78 is 10.9. The fourth-order valence-corrected chi connectivity index (χ4v) is 1.07. The molecule has 0 aromatic rings. The molecule has 68 valence electrons. The van der Waals surface area contributed by atoms with Gasteiger partial charge in [-0.1, -0.05) is 0 Å². The van der Waals surface area contributed by atoms with Crippen LogP contribution < -0.4 is 5.73 Å². The van der Waals surface area contributed by atoms with E-state index in [-0.39, 0.29) is 24.1 Å². The summed E-state index contributed by atoms with van der Waals surface area (Å²) in [5.41, 5.74) is 5.27. The van der Waals surface area contributed by atoms with Crippen molar-refractivity contribution in [1.29, 1.82) is 0 Å². The standard InChI is InChI=1S/C7H15NO2.ClH/c1-7(2)5-9-4-6(3-8)10-7;/h6H,3-5,8H2,1-2H3;1H. The average Bonchev–Trinajstić information content (AvgIpc) is 1.86. The molecule has 1 aliphatic rings. The largest absolute Gasteiger partial charge is 0.376 e. The highest BCUT2D eigenvalue weighted by Crippen LogP contribution is 2.17. The van der Waals surface area contributed by atoms with Gasteiger partial charge in [-0.05, 0) is 13.8 Å². The fraction of sp³-hybridized carbons (Fsp3) is 1.00. The first kappa shape index (κ1) is 11.2. The van der Waals surface area contributed by atoms with Crippen LogP contribution in [0.4, 0.5) is 0 Å². The molecule has 0 spiro atoms. The molecule has 0 aromatic carbocycles. The number of hydrogen-bond acceptors (Lipinski definition) is 3. The van der Waals surface area contributed by atoms with Gasteiger partial charge in [0.05, 0.1) is 24.9 Å². The Hall–Kier alpha value is 0.170. The van der Waals surface area contributed by atoms with Crippen molar-refractivity contribution in [1.82, 2.24) is 0 Å². The molecule has 1 heterocycles. The molecule has 1 atom stereocenters. The van der Waals surface area contributed by atoms with Crippen LogP contribution in [-0.2, 0) is 9.47 Å². The topological polar surface area (TPSA) is 44.5 Å². The fourth-order valence-electron chi connectivity index (χ4n) is 1.07. The highest BCUT2D eigenvalue weighted by molar-refractivity contribution is 5.85. The van der Waals surface area contributed by atoms with Crippen LogP contribution in [0.3, 0.4) is 0 Å². The molecule has 11 heavy (non-hydrogen) atoms. The summed E-state index contributed by atoms with van der Waals surface area (Å²) in [5.74, 6) is 0. The normalized spacial score (nSPS) is 29.2. The Bertz CT molecular complexity index is 119. The molecule has 0 saturated carbocycles. The van der Waals surface area contributed by atoms with Crippen LogP contribution in [0.2, 0.25) is 0 Å². The van der Waals surface area contributed by atoms with Crippen LogP contribution in [0, 0.1) is 0 Å². The SMILES string of the molecule is CC1(C)COCC(CN)O1.Cl. The Morgan fingerprint density at radius 1 is 1.55 bits per heavy atom.